The molecule has 0 atom stereocenters. The number of methoxy groups -OCH3 is 1. The van der Waals surface area contributed by atoms with Gasteiger partial charge < -0.3 is 14.6 Å². The van der Waals surface area contributed by atoms with Gasteiger partial charge in [0.1, 0.15) is 17.5 Å². The molecule has 0 aliphatic rings. The molecule has 0 fully saturated rings. The van der Waals surface area contributed by atoms with E-state index in [1.54, 1.807) is 37.3 Å². The van der Waals surface area contributed by atoms with Gasteiger partial charge in [0.25, 0.3) is 5.56 Å². The number of nitrogens with zero attached hydrogens (tertiary/aromatic N) is 3. The van der Waals surface area contributed by atoms with Crippen LogP contribution < -0.4 is 15.0 Å². The summed E-state index contributed by atoms with van der Waals surface area (Å²) in [7, 11) is 1.48. The lowest BCUT2D eigenvalue weighted by molar-refractivity contribution is 0.0697. The zero-order chi connectivity index (χ0) is 26.0. The van der Waals surface area contributed by atoms with Crippen LogP contribution in [0.2, 0.25) is 5.02 Å². The number of hydrogen-bond donors (Lipinski definition) is 1. The number of carbonyl (C=O) groups is 1. The topological polar surface area (TPSA) is 103 Å². The molecule has 0 saturated carbocycles. The third-order valence-corrected chi connectivity index (χ3v) is 7.18. The van der Waals surface area contributed by atoms with Crippen LogP contribution in [0.3, 0.4) is 0 Å². The number of rotatable bonds is 7. The van der Waals surface area contributed by atoms with Crippen molar-refractivity contribution in [3.05, 3.63) is 95.4 Å². The fourth-order valence-electron chi connectivity index (χ4n) is 3.40. The Morgan fingerprint density at radius 2 is 1.92 bits per heavy atom. The first-order valence-corrected chi connectivity index (χ1v) is 12.4. The quantitative estimate of drug-likeness (QED) is 0.248. The second-order valence-corrected chi connectivity index (χ2v) is 9.68. The molecule has 0 saturated heterocycles. The van der Waals surface area contributed by atoms with E-state index in [0.717, 1.165) is 10.0 Å². The zero-order valence-electron chi connectivity index (χ0n) is 19.0. The standard InChI is InChI=1S/C25H18Br2ClN3O5/c1-13-30-19-8-7-17(26)10-18(19)24(32)31(13)29-11-16-9-20(35-2)23(22(28)21(16)27)36-12-14-3-5-15(6-4-14)25(33)34/h3-11H,12H2,1-2H3,(H,33,34). The predicted octanol–water partition coefficient (Wildman–Crippen LogP) is 6.05. The average molecular weight is 636 g/mol. The van der Waals surface area contributed by atoms with Crippen molar-refractivity contribution in [2.45, 2.75) is 13.5 Å². The summed E-state index contributed by atoms with van der Waals surface area (Å²) in [5.41, 5.74) is 1.76. The lowest BCUT2D eigenvalue weighted by Crippen LogP contribution is -2.20. The van der Waals surface area contributed by atoms with Gasteiger partial charge in [-0.05, 0) is 64.8 Å². The smallest absolute Gasteiger partial charge is 0.335 e. The first-order valence-electron chi connectivity index (χ1n) is 10.4. The molecule has 0 radical (unpaired) electrons. The third-order valence-electron chi connectivity index (χ3n) is 5.24. The summed E-state index contributed by atoms with van der Waals surface area (Å²) >= 11 is 13.4. The van der Waals surface area contributed by atoms with Crippen molar-refractivity contribution in [2.75, 3.05) is 7.11 Å². The van der Waals surface area contributed by atoms with Crippen LogP contribution >= 0.6 is 43.5 Å². The third kappa shape index (κ3) is 5.30. The van der Waals surface area contributed by atoms with Crippen LogP contribution in [0.1, 0.15) is 27.3 Å². The Kier molecular flexibility index (Phi) is 7.77. The van der Waals surface area contributed by atoms with Crippen LogP contribution in [0, 0.1) is 6.92 Å². The van der Waals surface area contributed by atoms with Crippen molar-refractivity contribution in [3.8, 4) is 11.5 Å². The van der Waals surface area contributed by atoms with E-state index in [1.807, 2.05) is 6.07 Å². The normalized spacial score (nSPS) is 11.2. The Morgan fingerprint density at radius 3 is 2.58 bits per heavy atom. The molecule has 0 spiro atoms. The van der Waals surface area contributed by atoms with Crippen molar-refractivity contribution < 1.29 is 19.4 Å². The van der Waals surface area contributed by atoms with E-state index in [9.17, 15) is 9.59 Å². The molecule has 1 heterocycles. The fourth-order valence-corrected chi connectivity index (χ4v) is 4.41. The molecular weight excluding hydrogens is 618 g/mol. The van der Waals surface area contributed by atoms with Gasteiger partial charge >= 0.3 is 5.97 Å². The van der Waals surface area contributed by atoms with Crippen molar-refractivity contribution in [1.82, 2.24) is 9.66 Å². The fraction of sp³-hybridized carbons (Fsp3) is 0.120. The van der Waals surface area contributed by atoms with E-state index in [-0.39, 0.29) is 22.8 Å². The number of ether oxygens (including phenoxy) is 2. The lowest BCUT2D eigenvalue weighted by atomic mass is 10.1. The maximum absolute atomic E-state index is 13.0. The molecule has 4 rings (SSSR count). The Hall–Kier alpha value is -3.21. The van der Waals surface area contributed by atoms with E-state index in [0.29, 0.717) is 38.3 Å². The molecule has 4 aromatic rings. The minimum absolute atomic E-state index is 0.142. The van der Waals surface area contributed by atoms with Crippen LogP contribution in [0.25, 0.3) is 10.9 Å². The number of carboxylic acid groups (broad SMARTS) is 1. The summed E-state index contributed by atoms with van der Waals surface area (Å²) in [4.78, 5) is 28.5. The van der Waals surface area contributed by atoms with Gasteiger partial charge in [0.15, 0.2) is 11.5 Å². The Bertz CT molecular complexity index is 1570. The van der Waals surface area contributed by atoms with Gasteiger partial charge in [-0.2, -0.15) is 9.78 Å². The largest absolute Gasteiger partial charge is 0.493 e. The minimum atomic E-state index is -1.00. The Morgan fingerprint density at radius 1 is 1.19 bits per heavy atom. The van der Waals surface area contributed by atoms with Gasteiger partial charge in [0, 0.05) is 14.5 Å². The maximum Gasteiger partial charge on any atom is 0.335 e. The Balaban J connectivity index is 1.65. The molecule has 0 aliphatic carbocycles. The van der Waals surface area contributed by atoms with Gasteiger partial charge in [0.05, 0.1) is 29.8 Å². The minimum Gasteiger partial charge on any atom is -0.493 e. The van der Waals surface area contributed by atoms with E-state index >= 15 is 0 Å². The van der Waals surface area contributed by atoms with Crippen LogP contribution in [-0.2, 0) is 6.61 Å². The maximum atomic E-state index is 13.0. The molecule has 184 valence electrons. The highest BCUT2D eigenvalue weighted by Crippen LogP contribution is 2.42. The number of benzene rings is 3. The molecule has 0 bridgehead atoms. The second kappa shape index (κ2) is 10.8. The van der Waals surface area contributed by atoms with Crippen molar-refractivity contribution in [2.24, 2.45) is 5.10 Å². The number of carboxylic acids is 1. The molecule has 0 unspecified atom stereocenters. The van der Waals surface area contributed by atoms with Crippen LogP contribution in [0.5, 0.6) is 11.5 Å². The van der Waals surface area contributed by atoms with E-state index in [4.69, 9.17) is 26.2 Å². The van der Waals surface area contributed by atoms with E-state index in [1.165, 1.54) is 30.1 Å². The second-order valence-electron chi connectivity index (χ2n) is 7.60. The summed E-state index contributed by atoms with van der Waals surface area (Å²) < 4.78 is 13.8. The number of aromatic carboxylic acids is 1. The van der Waals surface area contributed by atoms with E-state index < -0.39 is 5.97 Å². The van der Waals surface area contributed by atoms with Crippen molar-refractivity contribution in [1.29, 1.82) is 0 Å². The Labute approximate surface area is 227 Å². The SMILES string of the molecule is COc1cc(C=Nn2c(C)nc3ccc(Br)cc3c2=O)c(Br)c(Cl)c1OCc1ccc(C(=O)O)cc1. The van der Waals surface area contributed by atoms with Gasteiger partial charge in [-0.15, -0.1) is 0 Å². The first-order chi connectivity index (χ1) is 17.2. The number of hydrogen-bond acceptors (Lipinski definition) is 6. The van der Waals surface area contributed by atoms with Crippen LogP contribution in [0.4, 0.5) is 0 Å². The number of halogens is 3. The monoisotopic (exact) mass is 633 g/mol. The number of fused-ring (bicyclic) bond motifs is 1. The molecule has 1 aromatic heterocycles. The summed E-state index contributed by atoms with van der Waals surface area (Å²) in [6, 6.07) is 13.3. The van der Waals surface area contributed by atoms with Gasteiger partial charge in [-0.25, -0.2) is 9.78 Å². The summed E-state index contributed by atoms with van der Waals surface area (Å²) in [6.07, 6.45) is 1.48. The van der Waals surface area contributed by atoms with Crippen LogP contribution in [0.15, 0.2) is 67.4 Å². The highest BCUT2D eigenvalue weighted by atomic mass is 79.9. The van der Waals surface area contributed by atoms with Crippen molar-refractivity contribution >= 4 is 66.5 Å². The number of aryl methyl sites for hydroxylation is 1. The highest BCUT2D eigenvalue weighted by Gasteiger charge is 2.18. The van der Waals surface area contributed by atoms with Gasteiger partial charge in [0.2, 0.25) is 0 Å². The van der Waals surface area contributed by atoms with Crippen molar-refractivity contribution in [3.63, 3.8) is 0 Å². The molecule has 8 nitrogen and oxygen atoms in total. The average Bonchev–Trinajstić information content (AvgIpc) is 2.86. The molecule has 0 amide bonds. The van der Waals surface area contributed by atoms with Crippen LogP contribution in [-0.4, -0.2) is 34.1 Å². The first kappa shape index (κ1) is 25.9. The summed E-state index contributed by atoms with van der Waals surface area (Å²) in [5.74, 6) is 0.0832. The zero-order valence-corrected chi connectivity index (χ0v) is 22.9. The molecule has 0 aliphatic heterocycles. The summed E-state index contributed by atoms with van der Waals surface area (Å²) in [6.45, 7) is 1.84. The molecule has 1 N–H and O–H groups in total. The van der Waals surface area contributed by atoms with Gasteiger partial charge in [-0.3, -0.25) is 4.79 Å². The van der Waals surface area contributed by atoms with Gasteiger partial charge in [-0.1, -0.05) is 39.7 Å². The molecular formula is C25H18Br2ClN3O5. The lowest BCUT2D eigenvalue weighted by Gasteiger charge is -2.15. The summed E-state index contributed by atoms with van der Waals surface area (Å²) in [5, 5.41) is 14.1. The predicted molar refractivity (Wildman–Crippen MR) is 145 cm³/mol. The number of aromatic nitrogens is 2. The molecule has 3 aromatic carbocycles. The highest BCUT2D eigenvalue weighted by molar-refractivity contribution is 9.10. The molecule has 36 heavy (non-hydrogen) atoms. The van der Waals surface area contributed by atoms with E-state index in [2.05, 4.69) is 41.9 Å². The molecule has 11 heteroatoms.